The predicted molar refractivity (Wildman–Crippen MR) is 93.0 cm³/mol. The van der Waals surface area contributed by atoms with Gasteiger partial charge in [0.15, 0.2) is 0 Å². The SMILES string of the molecule is O=C(COCc1cncc2c1CCN([C@@H]1CCOC1)C2)N1CCCC1. The molecule has 4 rings (SSSR count). The summed E-state index contributed by atoms with van der Waals surface area (Å²) < 4.78 is 11.2. The molecule has 6 heteroatoms. The number of hydrogen-bond acceptors (Lipinski definition) is 5. The van der Waals surface area contributed by atoms with Crippen LogP contribution in [-0.2, 0) is 33.8 Å². The Balaban J connectivity index is 1.34. The number of hydrogen-bond donors (Lipinski definition) is 0. The Bertz CT molecular complexity index is 610. The number of amides is 1. The lowest BCUT2D eigenvalue weighted by molar-refractivity contribution is -0.135. The summed E-state index contributed by atoms with van der Waals surface area (Å²) in [4.78, 5) is 20.9. The molecule has 25 heavy (non-hydrogen) atoms. The average Bonchev–Trinajstić information content (AvgIpc) is 3.35. The van der Waals surface area contributed by atoms with E-state index in [-0.39, 0.29) is 12.5 Å². The molecule has 0 unspecified atom stereocenters. The molecule has 2 fully saturated rings. The van der Waals surface area contributed by atoms with Crippen LogP contribution < -0.4 is 0 Å². The van der Waals surface area contributed by atoms with Crippen molar-refractivity contribution in [2.75, 3.05) is 39.5 Å². The predicted octanol–water partition coefficient (Wildman–Crippen LogP) is 1.37. The van der Waals surface area contributed by atoms with E-state index >= 15 is 0 Å². The minimum absolute atomic E-state index is 0.114. The second-order valence-electron chi connectivity index (χ2n) is 7.25. The molecular weight excluding hydrogens is 318 g/mol. The Labute approximate surface area is 149 Å². The molecule has 6 nitrogen and oxygen atoms in total. The summed E-state index contributed by atoms with van der Waals surface area (Å²) in [5, 5.41) is 0. The molecule has 0 saturated carbocycles. The third-order valence-electron chi connectivity index (χ3n) is 5.62. The van der Waals surface area contributed by atoms with Crippen LogP contribution in [0, 0.1) is 0 Å². The maximum atomic E-state index is 12.1. The molecule has 1 amide bonds. The van der Waals surface area contributed by atoms with Gasteiger partial charge in [0.25, 0.3) is 0 Å². The lowest BCUT2D eigenvalue weighted by Gasteiger charge is -2.33. The lowest BCUT2D eigenvalue weighted by atomic mass is 9.96. The largest absolute Gasteiger partial charge is 0.380 e. The summed E-state index contributed by atoms with van der Waals surface area (Å²) in [6, 6.07) is 0.547. The zero-order valence-corrected chi connectivity index (χ0v) is 14.8. The van der Waals surface area contributed by atoms with Crippen molar-refractivity contribution in [1.29, 1.82) is 0 Å². The van der Waals surface area contributed by atoms with Gasteiger partial charge in [-0.25, -0.2) is 0 Å². The van der Waals surface area contributed by atoms with Gasteiger partial charge in [0.1, 0.15) is 6.61 Å². The van der Waals surface area contributed by atoms with Gasteiger partial charge < -0.3 is 14.4 Å². The van der Waals surface area contributed by atoms with E-state index in [2.05, 4.69) is 9.88 Å². The fourth-order valence-corrected chi connectivity index (χ4v) is 4.14. The monoisotopic (exact) mass is 345 g/mol. The van der Waals surface area contributed by atoms with Crippen LogP contribution in [0.2, 0.25) is 0 Å². The highest BCUT2D eigenvalue weighted by Crippen LogP contribution is 2.25. The summed E-state index contributed by atoms with van der Waals surface area (Å²) in [6.07, 6.45) is 8.26. The van der Waals surface area contributed by atoms with Crippen molar-refractivity contribution in [2.24, 2.45) is 0 Å². The number of carbonyl (C=O) groups excluding carboxylic acids is 1. The highest BCUT2D eigenvalue weighted by atomic mass is 16.5. The number of aromatic nitrogens is 1. The first kappa shape index (κ1) is 16.9. The summed E-state index contributed by atoms with van der Waals surface area (Å²) in [5.41, 5.74) is 3.79. The first-order valence-corrected chi connectivity index (χ1v) is 9.43. The van der Waals surface area contributed by atoms with E-state index < -0.39 is 0 Å². The van der Waals surface area contributed by atoms with Gasteiger partial charge in [0.05, 0.1) is 13.2 Å². The number of rotatable bonds is 5. The van der Waals surface area contributed by atoms with Crippen LogP contribution in [0.15, 0.2) is 12.4 Å². The molecule has 0 aliphatic carbocycles. The Morgan fingerprint density at radius 2 is 2.16 bits per heavy atom. The standard InChI is InChI=1S/C19H27N3O3/c23-19(21-5-1-2-6-21)14-25-12-16-10-20-9-15-11-22(7-3-18(15)16)17-4-8-24-13-17/h9-10,17H,1-8,11-14H2/t17-/m1/s1. The molecule has 0 bridgehead atoms. The van der Waals surface area contributed by atoms with E-state index in [1.165, 1.54) is 11.1 Å². The van der Waals surface area contributed by atoms with Crippen molar-refractivity contribution < 1.29 is 14.3 Å². The van der Waals surface area contributed by atoms with E-state index in [1.807, 2.05) is 17.3 Å². The third kappa shape index (κ3) is 3.86. The Morgan fingerprint density at radius 3 is 2.96 bits per heavy atom. The van der Waals surface area contributed by atoms with Crippen LogP contribution in [0.4, 0.5) is 0 Å². The van der Waals surface area contributed by atoms with E-state index in [9.17, 15) is 4.79 Å². The van der Waals surface area contributed by atoms with Gasteiger partial charge >= 0.3 is 0 Å². The number of nitrogens with zero attached hydrogens (tertiary/aromatic N) is 3. The normalized spacial score (nSPS) is 23.8. The van der Waals surface area contributed by atoms with Gasteiger partial charge in [-0.05, 0) is 42.4 Å². The molecule has 0 N–H and O–H groups in total. The molecule has 1 aromatic rings. The minimum Gasteiger partial charge on any atom is -0.380 e. The second kappa shape index (κ2) is 7.81. The van der Waals surface area contributed by atoms with Crippen molar-refractivity contribution >= 4 is 5.91 Å². The van der Waals surface area contributed by atoms with Crippen molar-refractivity contribution in [3.63, 3.8) is 0 Å². The number of ether oxygens (including phenoxy) is 2. The fourth-order valence-electron chi connectivity index (χ4n) is 4.14. The highest BCUT2D eigenvalue weighted by molar-refractivity contribution is 5.77. The molecule has 0 spiro atoms. The highest BCUT2D eigenvalue weighted by Gasteiger charge is 2.27. The summed E-state index contributed by atoms with van der Waals surface area (Å²) in [7, 11) is 0. The molecule has 4 heterocycles. The Kier molecular flexibility index (Phi) is 5.29. The van der Waals surface area contributed by atoms with Crippen LogP contribution in [0.25, 0.3) is 0 Å². The van der Waals surface area contributed by atoms with Crippen LogP contribution in [0.3, 0.4) is 0 Å². The van der Waals surface area contributed by atoms with Gasteiger partial charge in [0, 0.05) is 51.2 Å². The molecule has 1 aromatic heterocycles. The van der Waals surface area contributed by atoms with Crippen LogP contribution in [-0.4, -0.2) is 66.2 Å². The zero-order valence-electron chi connectivity index (χ0n) is 14.8. The summed E-state index contributed by atoms with van der Waals surface area (Å²) >= 11 is 0. The van der Waals surface area contributed by atoms with Gasteiger partial charge in [-0.3, -0.25) is 14.7 Å². The second-order valence-corrected chi connectivity index (χ2v) is 7.25. The maximum absolute atomic E-state index is 12.1. The van der Waals surface area contributed by atoms with Gasteiger partial charge in [0.2, 0.25) is 5.91 Å². The Hall–Kier alpha value is -1.50. The van der Waals surface area contributed by atoms with Gasteiger partial charge in [-0.2, -0.15) is 0 Å². The van der Waals surface area contributed by atoms with Crippen LogP contribution in [0.5, 0.6) is 0 Å². The number of likely N-dealkylation sites (tertiary alicyclic amines) is 1. The smallest absolute Gasteiger partial charge is 0.248 e. The molecule has 1 atom stereocenters. The van der Waals surface area contributed by atoms with E-state index in [0.29, 0.717) is 12.6 Å². The fraction of sp³-hybridized carbons (Fsp3) is 0.684. The summed E-state index contributed by atoms with van der Waals surface area (Å²) in [5.74, 6) is 0.114. The summed E-state index contributed by atoms with van der Waals surface area (Å²) in [6.45, 7) is 6.14. The molecule has 3 aliphatic rings. The molecule has 2 saturated heterocycles. The van der Waals surface area contributed by atoms with Crippen molar-refractivity contribution in [2.45, 2.75) is 44.9 Å². The van der Waals surface area contributed by atoms with E-state index in [1.54, 1.807) is 0 Å². The first-order valence-electron chi connectivity index (χ1n) is 9.43. The molecular formula is C19H27N3O3. The van der Waals surface area contributed by atoms with E-state index in [0.717, 1.165) is 70.6 Å². The zero-order chi connectivity index (χ0) is 17.1. The number of fused-ring (bicyclic) bond motifs is 1. The quantitative estimate of drug-likeness (QED) is 0.807. The van der Waals surface area contributed by atoms with Gasteiger partial charge in [-0.15, -0.1) is 0 Å². The molecule has 0 aromatic carbocycles. The van der Waals surface area contributed by atoms with Crippen LogP contribution >= 0.6 is 0 Å². The first-order chi connectivity index (χ1) is 12.3. The number of pyridine rings is 1. The third-order valence-corrected chi connectivity index (χ3v) is 5.62. The van der Waals surface area contributed by atoms with Crippen LogP contribution in [0.1, 0.15) is 36.0 Å². The maximum Gasteiger partial charge on any atom is 0.248 e. The van der Waals surface area contributed by atoms with E-state index in [4.69, 9.17) is 9.47 Å². The topological polar surface area (TPSA) is 54.9 Å². The van der Waals surface area contributed by atoms with Crippen molar-refractivity contribution in [3.8, 4) is 0 Å². The van der Waals surface area contributed by atoms with Crippen molar-refractivity contribution in [3.05, 3.63) is 29.1 Å². The Morgan fingerprint density at radius 1 is 1.28 bits per heavy atom. The molecule has 3 aliphatic heterocycles. The molecule has 0 radical (unpaired) electrons. The van der Waals surface area contributed by atoms with Gasteiger partial charge in [-0.1, -0.05) is 0 Å². The average molecular weight is 345 g/mol. The lowest BCUT2D eigenvalue weighted by Crippen LogP contribution is -2.40. The van der Waals surface area contributed by atoms with Crippen molar-refractivity contribution in [1.82, 2.24) is 14.8 Å². The number of carbonyl (C=O) groups is 1. The minimum atomic E-state index is 0.114. The molecule has 136 valence electrons.